The zero-order valence-corrected chi connectivity index (χ0v) is 13.4. The number of amides is 1. The van der Waals surface area contributed by atoms with Crippen LogP contribution in [0.3, 0.4) is 0 Å². The van der Waals surface area contributed by atoms with Crippen molar-refractivity contribution in [2.75, 3.05) is 13.1 Å². The van der Waals surface area contributed by atoms with Gasteiger partial charge in [0.05, 0.1) is 23.7 Å². The summed E-state index contributed by atoms with van der Waals surface area (Å²) in [7, 11) is 1.65. The van der Waals surface area contributed by atoms with Crippen molar-refractivity contribution in [1.82, 2.24) is 9.47 Å². The first kappa shape index (κ1) is 16.2. The first-order valence-electron chi connectivity index (χ1n) is 7.65. The summed E-state index contributed by atoms with van der Waals surface area (Å²) in [5.74, 6) is -1.46. The van der Waals surface area contributed by atoms with E-state index in [1.54, 1.807) is 38.2 Å². The minimum absolute atomic E-state index is 0.0396. The van der Waals surface area contributed by atoms with E-state index in [4.69, 9.17) is 9.84 Å². The molecule has 0 bridgehead atoms. The normalized spacial score (nSPS) is 21.0. The highest BCUT2D eigenvalue weighted by atomic mass is 16.5. The van der Waals surface area contributed by atoms with Gasteiger partial charge in [-0.2, -0.15) is 0 Å². The van der Waals surface area contributed by atoms with E-state index in [-0.39, 0.29) is 36.2 Å². The van der Waals surface area contributed by atoms with Crippen molar-refractivity contribution in [1.29, 1.82) is 0 Å². The van der Waals surface area contributed by atoms with Crippen LogP contribution < -0.4 is 5.56 Å². The number of nitrogens with zero attached hydrogens (tertiary/aromatic N) is 2. The number of aryl methyl sites for hydroxylation is 1. The lowest BCUT2D eigenvalue weighted by Crippen LogP contribution is -2.52. The van der Waals surface area contributed by atoms with Gasteiger partial charge in [0.1, 0.15) is 0 Å². The van der Waals surface area contributed by atoms with Crippen LogP contribution in [0.25, 0.3) is 10.9 Å². The number of hydrogen-bond acceptors (Lipinski definition) is 4. The lowest BCUT2D eigenvalue weighted by atomic mass is 10.1. The summed E-state index contributed by atoms with van der Waals surface area (Å²) in [6.07, 6.45) is -1.45. The van der Waals surface area contributed by atoms with Gasteiger partial charge in [-0.1, -0.05) is 18.2 Å². The minimum atomic E-state index is -1.10. The number of carbonyl (C=O) groups is 2. The van der Waals surface area contributed by atoms with E-state index in [0.29, 0.717) is 10.9 Å². The number of hydrogen-bond donors (Lipinski definition) is 1. The van der Waals surface area contributed by atoms with E-state index in [0.717, 1.165) is 0 Å². The van der Waals surface area contributed by atoms with Crippen LogP contribution in [0, 0.1) is 0 Å². The largest absolute Gasteiger partial charge is 0.479 e. The number of aromatic nitrogens is 1. The molecule has 0 saturated carbocycles. The molecule has 1 aliphatic heterocycles. The van der Waals surface area contributed by atoms with Gasteiger partial charge in [-0.25, -0.2) is 4.79 Å². The quantitative estimate of drug-likeness (QED) is 0.882. The van der Waals surface area contributed by atoms with Crippen LogP contribution >= 0.6 is 0 Å². The third-order valence-electron chi connectivity index (χ3n) is 4.21. The highest BCUT2D eigenvalue weighted by Crippen LogP contribution is 2.20. The fraction of sp³-hybridized carbons (Fsp3) is 0.353. The Bertz CT molecular complexity index is 873. The molecule has 1 aromatic heterocycles. The van der Waals surface area contributed by atoms with E-state index in [9.17, 15) is 14.4 Å². The number of aliphatic carboxylic acids is 1. The summed E-state index contributed by atoms with van der Waals surface area (Å²) in [5, 5.41) is 9.82. The fourth-order valence-corrected chi connectivity index (χ4v) is 3.01. The Hall–Kier alpha value is -2.67. The zero-order chi connectivity index (χ0) is 17.4. The molecule has 7 heteroatoms. The summed E-state index contributed by atoms with van der Waals surface area (Å²) in [6, 6.07) is 8.45. The van der Waals surface area contributed by atoms with E-state index in [1.165, 1.54) is 15.5 Å². The molecular weight excluding hydrogens is 312 g/mol. The van der Waals surface area contributed by atoms with Gasteiger partial charge in [-0.05, 0) is 13.0 Å². The average molecular weight is 330 g/mol. The Morgan fingerprint density at radius 1 is 1.25 bits per heavy atom. The molecule has 3 rings (SSSR count). The van der Waals surface area contributed by atoms with E-state index in [2.05, 4.69) is 0 Å². The Morgan fingerprint density at radius 2 is 1.96 bits per heavy atom. The molecule has 126 valence electrons. The summed E-state index contributed by atoms with van der Waals surface area (Å²) < 4.78 is 6.82. The van der Waals surface area contributed by atoms with Gasteiger partial charge in [0.15, 0.2) is 6.10 Å². The van der Waals surface area contributed by atoms with Gasteiger partial charge in [-0.3, -0.25) is 9.59 Å². The first-order valence-corrected chi connectivity index (χ1v) is 7.65. The molecule has 24 heavy (non-hydrogen) atoms. The smallest absolute Gasteiger partial charge is 0.334 e. The van der Waals surface area contributed by atoms with Crippen molar-refractivity contribution in [3.63, 3.8) is 0 Å². The third kappa shape index (κ3) is 2.78. The molecule has 1 unspecified atom stereocenters. The molecule has 1 amide bonds. The van der Waals surface area contributed by atoms with Crippen molar-refractivity contribution in [3.8, 4) is 0 Å². The Balaban J connectivity index is 2.04. The van der Waals surface area contributed by atoms with E-state index >= 15 is 0 Å². The second-order valence-corrected chi connectivity index (χ2v) is 5.96. The summed E-state index contributed by atoms with van der Waals surface area (Å²) >= 11 is 0. The molecule has 2 atom stereocenters. The molecule has 0 radical (unpaired) electrons. The van der Waals surface area contributed by atoms with Gasteiger partial charge >= 0.3 is 5.97 Å². The van der Waals surface area contributed by atoms with Crippen molar-refractivity contribution in [2.45, 2.75) is 19.1 Å². The predicted octanol–water partition coefficient (Wildman–Crippen LogP) is 0.853. The Kier molecular flexibility index (Phi) is 4.11. The average Bonchev–Trinajstić information content (AvgIpc) is 2.57. The highest BCUT2D eigenvalue weighted by Gasteiger charge is 2.33. The molecule has 2 aromatic rings. The van der Waals surface area contributed by atoms with E-state index < -0.39 is 12.1 Å². The molecule has 0 spiro atoms. The number of carboxylic acids is 1. The van der Waals surface area contributed by atoms with Crippen LogP contribution in [0.1, 0.15) is 17.3 Å². The number of fused-ring (bicyclic) bond motifs is 1. The van der Waals surface area contributed by atoms with Crippen molar-refractivity contribution < 1.29 is 19.4 Å². The number of morpholine rings is 1. The summed E-state index contributed by atoms with van der Waals surface area (Å²) in [6.45, 7) is 1.96. The molecule has 1 saturated heterocycles. The van der Waals surface area contributed by atoms with Gasteiger partial charge in [0, 0.05) is 25.0 Å². The van der Waals surface area contributed by atoms with Crippen LogP contribution in [0.4, 0.5) is 0 Å². The lowest BCUT2D eigenvalue weighted by molar-refractivity contribution is -0.160. The highest BCUT2D eigenvalue weighted by molar-refractivity contribution is 6.06. The summed E-state index contributed by atoms with van der Waals surface area (Å²) in [5.41, 5.74) is 0.657. The number of pyridine rings is 1. The Morgan fingerprint density at radius 3 is 2.67 bits per heavy atom. The molecule has 2 heterocycles. The number of para-hydroxylation sites is 1. The summed E-state index contributed by atoms with van der Waals surface area (Å²) in [4.78, 5) is 37.7. The molecule has 7 nitrogen and oxygen atoms in total. The lowest BCUT2D eigenvalue weighted by Gasteiger charge is -2.35. The fourth-order valence-electron chi connectivity index (χ4n) is 3.01. The molecule has 1 fully saturated rings. The zero-order valence-electron chi connectivity index (χ0n) is 13.4. The maximum absolute atomic E-state index is 12.9. The number of rotatable bonds is 2. The van der Waals surface area contributed by atoms with Crippen molar-refractivity contribution in [3.05, 3.63) is 46.2 Å². The van der Waals surface area contributed by atoms with Crippen molar-refractivity contribution in [2.24, 2.45) is 7.05 Å². The topological polar surface area (TPSA) is 88.8 Å². The standard InChI is InChI=1S/C17H18N2O5/c1-10-8-19(9-14(24-10)17(22)23)16(21)12-7-15(20)18(2)13-6-4-3-5-11(12)13/h3-7,10,14H,8-9H2,1-2H3,(H,22,23)/t10-,14?/m1/s1. The van der Waals surface area contributed by atoms with Crippen molar-refractivity contribution >= 4 is 22.8 Å². The number of benzene rings is 1. The van der Waals surface area contributed by atoms with Crippen LogP contribution in [0.5, 0.6) is 0 Å². The monoisotopic (exact) mass is 330 g/mol. The van der Waals surface area contributed by atoms with Crippen LogP contribution in [0.15, 0.2) is 35.1 Å². The van der Waals surface area contributed by atoms with E-state index in [1.807, 2.05) is 0 Å². The van der Waals surface area contributed by atoms with Gasteiger partial charge in [0.2, 0.25) is 0 Å². The van der Waals surface area contributed by atoms with Gasteiger partial charge in [0.25, 0.3) is 11.5 Å². The molecule has 0 aliphatic carbocycles. The minimum Gasteiger partial charge on any atom is -0.479 e. The number of carboxylic acid groups (broad SMARTS) is 1. The SMILES string of the molecule is C[C@@H]1CN(C(=O)c2cc(=O)n(C)c3ccccc23)CC(C(=O)O)O1. The van der Waals surface area contributed by atoms with Gasteiger partial charge < -0.3 is 19.3 Å². The number of ether oxygens (including phenoxy) is 1. The van der Waals surface area contributed by atoms with Crippen LogP contribution in [0.2, 0.25) is 0 Å². The molecule has 1 aromatic carbocycles. The second kappa shape index (κ2) is 6.09. The van der Waals surface area contributed by atoms with Crippen LogP contribution in [-0.2, 0) is 16.6 Å². The third-order valence-corrected chi connectivity index (χ3v) is 4.21. The Labute approximate surface area is 138 Å². The molecule has 1 aliphatic rings. The number of carbonyl (C=O) groups excluding carboxylic acids is 1. The van der Waals surface area contributed by atoms with Gasteiger partial charge in [-0.15, -0.1) is 0 Å². The first-order chi connectivity index (χ1) is 11.4. The maximum Gasteiger partial charge on any atom is 0.334 e. The molecular formula is C17H18N2O5. The second-order valence-electron chi connectivity index (χ2n) is 5.96. The molecule has 1 N–H and O–H groups in total. The van der Waals surface area contributed by atoms with Crippen LogP contribution in [-0.4, -0.2) is 51.7 Å². The maximum atomic E-state index is 12.9. The predicted molar refractivity (Wildman–Crippen MR) is 87.1 cm³/mol.